The van der Waals surface area contributed by atoms with E-state index in [2.05, 4.69) is 9.97 Å². The van der Waals surface area contributed by atoms with Crippen molar-refractivity contribution in [3.63, 3.8) is 0 Å². The van der Waals surface area contributed by atoms with E-state index in [-0.39, 0.29) is 18.1 Å². The van der Waals surface area contributed by atoms with Crippen molar-refractivity contribution in [1.29, 1.82) is 0 Å². The summed E-state index contributed by atoms with van der Waals surface area (Å²) in [5.41, 5.74) is 4.40. The summed E-state index contributed by atoms with van der Waals surface area (Å²) >= 11 is 1.54. The summed E-state index contributed by atoms with van der Waals surface area (Å²) in [4.78, 5) is 22.9. The predicted octanol–water partition coefficient (Wildman–Crippen LogP) is 3.49. The number of benzene rings is 1. The van der Waals surface area contributed by atoms with E-state index in [0.717, 1.165) is 11.3 Å². The number of carbonyl (C=O) groups excluding carboxylic acids is 1. The Morgan fingerprint density at radius 2 is 2.08 bits per heavy atom. The SMILES string of the molecule is O=C(Cc1cccc(F)c1)N(CCc1cscn1)Cc1cccnc1. The average Bonchev–Trinajstić information content (AvgIpc) is 3.13. The molecule has 1 amide bonds. The number of hydrogen-bond donors (Lipinski definition) is 0. The molecule has 0 aliphatic carbocycles. The molecule has 128 valence electrons. The molecule has 0 aliphatic rings. The predicted molar refractivity (Wildman–Crippen MR) is 95.6 cm³/mol. The fraction of sp³-hybridized carbons (Fsp3) is 0.211. The quantitative estimate of drug-likeness (QED) is 0.652. The van der Waals surface area contributed by atoms with Gasteiger partial charge in [-0.05, 0) is 29.3 Å². The molecule has 0 bridgehead atoms. The maximum atomic E-state index is 13.4. The standard InChI is InChI=1S/C19H18FN3OS/c20-17-5-1-3-15(9-17)10-19(24)23(8-6-18-13-25-14-22-18)12-16-4-2-7-21-11-16/h1-5,7,9,11,13-14H,6,8,10,12H2. The number of amides is 1. The van der Waals surface area contributed by atoms with Crippen LogP contribution in [0.25, 0.3) is 0 Å². The smallest absolute Gasteiger partial charge is 0.227 e. The highest BCUT2D eigenvalue weighted by Gasteiger charge is 2.15. The Morgan fingerprint density at radius 3 is 2.80 bits per heavy atom. The van der Waals surface area contributed by atoms with Crippen LogP contribution in [0.4, 0.5) is 4.39 Å². The molecule has 25 heavy (non-hydrogen) atoms. The molecule has 0 N–H and O–H groups in total. The first-order valence-corrected chi connectivity index (χ1v) is 8.93. The van der Waals surface area contributed by atoms with Gasteiger partial charge in [0.25, 0.3) is 0 Å². The fourth-order valence-electron chi connectivity index (χ4n) is 2.55. The molecule has 0 saturated heterocycles. The zero-order valence-electron chi connectivity index (χ0n) is 13.6. The van der Waals surface area contributed by atoms with Gasteiger partial charge in [0, 0.05) is 37.3 Å². The van der Waals surface area contributed by atoms with Crippen LogP contribution >= 0.6 is 11.3 Å². The van der Waals surface area contributed by atoms with Crippen molar-refractivity contribution < 1.29 is 9.18 Å². The first-order valence-electron chi connectivity index (χ1n) is 7.99. The van der Waals surface area contributed by atoms with Crippen molar-refractivity contribution in [3.8, 4) is 0 Å². The molecule has 4 nitrogen and oxygen atoms in total. The number of hydrogen-bond acceptors (Lipinski definition) is 4. The summed E-state index contributed by atoms with van der Waals surface area (Å²) < 4.78 is 13.4. The molecule has 3 rings (SSSR count). The Bertz CT molecular complexity index is 809. The van der Waals surface area contributed by atoms with Gasteiger partial charge in [-0.25, -0.2) is 9.37 Å². The van der Waals surface area contributed by atoms with Gasteiger partial charge in [-0.3, -0.25) is 9.78 Å². The summed E-state index contributed by atoms with van der Waals surface area (Å²) in [7, 11) is 0. The van der Waals surface area contributed by atoms with Crippen molar-refractivity contribution in [3.05, 3.63) is 82.3 Å². The van der Waals surface area contributed by atoms with Gasteiger partial charge in [-0.15, -0.1) is 11.3 Å². The molecule has 6 heteroatoms. The van der Waals surface area contributed by atoms with Crippen LogP contribution in [0.2, 0.25) is 0 Å². The third-order valence-corrected chi connectivity index (χ3v) is 4.45. The second-order valence-corrected chi connectivity index (χ2v) is 6.43. The van der Waals surface area contributed by atoms with E-state index in [1.54, 1.807) is 46.3 Å². The third-order valence-electron chi connectivity index (χ3n) is 3.81. The number of thiazole rings is 1. The lowest BCUT2D eigenvalue weighted by atomic mass is 10.1. The van der Waals surface area contributed by atoms with Gasteiger partial charge in [-0.1, -0.05) is 18.2 Å². The van der Waals surface area contributed by atoms with Crippen LogP contribution in [0.1, 0.15) is 16.8 Å². The minimum atomic E-state index is -0.327. The van der Waals surface area contributed by atoms with E-state index < -0.39 is 0 Å². The van der Waals surface area contributed by atoms with Gasteiger partial charge in [0.15, 0.2) is 0 Å². The lowest BCUT2D eigenvalue weighted by molar-refractivity contribution is -0.131. The monoisotopic (exact) mass is 355 g/mol. The zero-order valence-corrected chi connectivity index (χ0v) is 14.5. The van der Waals surface area contributed by atoms with Crippen LogP contribution in [0, 0.1) is 5.82 Å². The lowest BCUT2D eigenvalue weighted by Gasteiger charge is -2.22. The number of carbonyl (C=O) groups is 1. The van der Waals surface area contributed by atoms with E-state index in [4.69, 9.17) is 0 Å². The van der Waals surface area contributed by atoms with Gasteiger partial charge >= 0.3 is 0 Å². The zero-order chi connectivity index (χ0) is 17.5. The Hall–Kier alpha value is -2.60. The number of pyridine rings is 1. The summed E-state index contributed by atoms with van der Waals surface area (Å²) in [6.45, 7) is 1.04. The lowest BCUT2D eigenvalue weighted by Crippen LogP contribution is -2.33. The minimum Gasteiger partial charge on any atom is -0.338 e. The number of aromatic nitrogens is 2. The molecule has 0 aliphatic heterocycles. The van der Waals surface area contributed by atoms with Crippen LogP contribution < -0.4 is 0 Å². The van der Waals surface area contributed by atoms with Crippen LogP contribution in [-0.2, 0) is 24.2 Å². The third kappa shape index (κ3) is 5.19. The minimum absolute atomic E-state index is 0.0373. The van der Waals surface area contributed by atoms with Crippen LogP contribution in [0.15, 0.2) is 59.7 Å². The van der Waals surface area contributed by atoms with Crippen molar-refractivity contribution in [2.45, 2.75) is 19.4 Å². The average molecular weight is 355 g/mol. The molecule has 2 aromatic heterocycles. The van der Waals surface area contributed by atoms with E-state index in [1.807, 2.05) is 17.5 Å². The van der Waals surface area contributed by atoms with E-state index >= 15 is 0 Å². The number of rotatable bonds is 7. The maximum absolute atomic E-state index is 13.4. The summed E-state index contributed by atoms with van der Waals surface area (Å²) in [6, 6.07) is 9.97. The first kappa shape index (κ1) is 17.2. The second kappa shape index (κ2) is 8.48. The second-order valence-electron chi connectivity index (χ2n) is 5.71. The van der Waals surface area contributed by atoms with E-state index in [1.165, 1.54) is 12.1 Å². The van der Waals surface area contributed by atoms with Crippen molar-refractivity contribution >= 4 is 17.2 Å². The molecule has 0 saturated carbocycles. The fourth-order valence-corrected chi connectivity index (χ4v) is 3.14. The number of halogens is 1. The molecule has 3 aromatic rings. The van der Waals surface area contributed by atoms with Crippen molar-refractivity contribution in [2.24, 2.45) is 0 Å². The molecule has 0 atom stereocenters. The van der Waals surface area contributed by atoms with Gasteiger partial charge in [0.05, 0.1) is 17.6 Å². The molecule has 0 fully saturated rings. The Balaban J connectivity index is 1.70. The highest BCUT2D eigenvalue weighted by atomic mass is 32.1. The molecule has 1 aromatic carbocycles. The van der Waals surface area contributed by atoms with Gasteiger partial charge in [-0.2, -0.15) is 0 Å². The highest BCUT2D eigenvalue weighted by molar-refractivity contribution is 7.07. The van der Waals surface area contributed by atoms with E-state index in [9.17, 15) is 9.18 Å². The Labute approximate surface area is 150 Å². The van der Waals surface area contributed by atoms with Gasteiger partial charge < -0.3 is 4.90 Å². The first-order chi connectivity index (χ1) is 12.2. The summed E-state index contributed by atoms with van der Waals surface area (Å²) in [5, 5.41) is 1.99. The van der Waals surface area contributed by atoms with E-state index in [0.29, 0.717) is 25.1 Å². The highest BCUT2D eigenvalue weighted by Crippen LogP contribution is 2.11. The Kier molecular flexibility index (Phi) is 5.85. The number of nitrogens with zero attached hydrogens (tertiary/aromatic N) is 3. The normalized spacial score (nSPS) is 10.6. The van der Waals surface area contributed by atoms with Crippen molar-refractivity contribution in [2.75, 3.05) is 6.54 Å². The van der Waals surface area contributed by atoms with Crippen LogP contribution in [-0.4, -0.2) is 27.3 Å². The topological polar surface area (TPSA) is 46.1 Å². The molecular formula is C19H18FN3OS. The van der Waals surface area contributed by atoms with Crippen LogP contribution in [0.5, 0.6) is 0 Å². The molecule has 0 radical (unpaired) electrons. The molecular weight excluding hydrogens is 337 g/mol. The maximum Gasteiger partial charge on any atom is 0.227 e. The largest absolute Gasteiger partial charge is 0.338 e. The Morgan fingerprint density at radius 1 is 1.20 bits per heavy atom. The van der Waals surface area contributed by atoms with Crippen LogP contribution in [0.3, 0.4) is 0 Å². The molecule has 0 unspecified atom stereocenters. The van der Waals surface area contributed by atoms with Crippen molar-refractivity contribution in [1.82, 2.24) is 14.9 Å². The molecule has 2 heterocycles. The van der Waals surface area contributed by atoms with Gasteiger partial charge in [0.2, 0.25) is 5.91 Å². The molecule has 0 spiro atoms. The summed E-state index contributed by atoms with van der Waals surface area (Å²) in [6.07, 6.45) is 4.33. The van der Waals surface area contributed by atoms with Gasteiger partial charge in [0.1, 0.15) is 5.82 Å². The summed E-state index contributed by atoms with van der Waals surface area (Å²) in [5.74, 6) is -0.365.